The van der Waals surface area contributed by atoms with Gasteiger partial charge in [-0.1, -0.05) is 25.1 Å². The average molecular weight is 301 g/mol. The molecule has 3 aromatic rings. The van der Waals surface area contributed by atoms with E-state index in [-0.39, 0.29) is 4.90 Å². The van der Waals surface area contributed by atoms with Crippen molar-refractivity contribution in [3.05, 3.63) is 54.4 Å². The first-order valence-corrected chi connectivity index (χ1v) is 8.12. The molecule has 0 saturated carbocycles. The lowest BCUT2D eigenvalue weighted by Gasteiger charge is -2.11. The third-order valence-electron chi connectivity index (χ3n) is 3.34. The predicted molar refractivity (Wildman–Crippen MR) is 82.7 cm³/mol. The molecule has 5 nitrogen and oxygen atoms in total. The molecule has 0 unspecified atom stereocenters. The van der Waals surface area contributed by atoms with E-state index in [9.17, 15) is 8.42 Å². The molecule has 21 heavy (non-hydrogen) atoms. The molecule has 0 saturated heterocycles. The lowest BCUT2D eigenvalue weighted by Crippen LogP contribution is -2.14. The van der Waals surface area contributed by atoms with Gasteiger partial charge in [-0.2, -0.15) is 0 Å². The Labute approximate surface area is 123 Å². The van der Waals surface area contributed by atoms with E-state index in [0.29, 0.717) is 11.2 Å². The van der Waals surface area contributed by atoms with Gasteiger partial charge in [0.05, 0.1) is 27.9 Å². The van der Waals surface area contributed by atoms with Crippen LogP contribution in [0.4, 0.5) is 5.69 Å². The van der Waals surface area contributed by atoms with Crippen LogP contribution in [0.1, 0.15) is 12.5 Å². The number of imidazole rings is 1. The quantitative estimate of drug-likeness (QED) is 0.778. The standard InChI is InChI=1S/C15H15N3O2S/c1-2-11-5-3-4-6-13(11)18-21(19,20)12-7-8-14-15(9-12)17-10-16-14/h3-10,18H,2H2,1H3,(H,16,17). The van der Waals surface area contributed by atoms with Gasteiger partial charge in [0.15, 0.2) is 0 Å². The van der Waals surface area contributed by atoms with Crippen LogP contribution in [0.5, 0.6) is 0 Å². The summed E-state index contributed by atoms with van der Waals surface area (Å²) in [6, 6.07) is 12.2. The second-order valence-corrected chi connectivity index (χ2v) is 6.38. The van der Waals surface area contributed by atoms with Crippen molar-refractivity contribution in [1.29, 1.82) is 0 Å². The van der Waals surface area contributed by atoms with Gasteiger partial charge in [0.1, 0.15) is 0 Å². The Morgan fingerprint density at radius 2 is 2.00 bits per heavy atom. The largest absolute Gasteiger partial charge is 0.345 e. The second kappa shape index (κ2) is 5.21. The summed E-state index contributed by atoms with van der Waals surface area (Å²) in [6.45, 7) is 1.99. The maximum Gasteiger partial charge on any atom is 0.261 e. The molecule has 0 bridgehead atoms. The molecule has 0 radical (unpaired) electrons. The molecular weight excluding hydrogens is 286 g/mol. The Kier molecular flexibility index (Phi) is 3.39. The van der Waals surface area contributed by atoms with Gasteiger partial charge in [0.2, 0.25) is 0 Å². The molecule has 0 atom stereocenters. The summed E-state index contributed by atoms with van der Waals surface area (Å²) in [7, 11) is -3.61. The number of aryl methyl sites for hydroxylation is 1. The molecule has 2 aromatic carbocycles. The van der Waals surface area contributed by atoms with E-state index in [0.717, 1.165) is 17.5 Å². The molecule has 0 aliphatic rings. The molecule has 3 rings (SSSR count). The lowest BCUT2D eigenvalue weighted by molar-refractivity contribution is 0.601. The predicted octanol–water partition coefficient (Wildman–Crippen LogP) is 2.93. The minimum absolute atomic E-state index is 0.213. The third-order valence-corrected chi connectivity index (χ3v) is 4.71. The molecule has 0 fully saturated rings. The van der Waals surface area contributed by atoms with Crippen LogP contribution in [0.15, 0.2) is 53.7 Å². The van der Waals surface area contributed by atoms with Crippen molar-refractivity contribution in [2.24, 2.45) is 0 Å². The number of hydrogen-bond donors (Lipinski definition) is 2. The van der Waals surface area contributed by atoms with Crippen LogP contribution in [-0.4, -0.2) is 18.4 Å². The maximum absolute atomic E-state index is 12.5. The molecule has 1 aromatic heterocycles. The van der Waals surface area contributed by atoms with Gasteiger partial charge in [0.25, 0.3) is 10.0 Å². The molecule has 108 valence electrons. The van der Waals surface area contributed by atoms with Crippen molar-refractivity contribution >= 4 is 26.7 Å². The number of sulfonamides is 1. The summed E-state index contributed by atoms with van der Waals surface area (Å²) in [6.07, 6.45) is 2.30. The zero-order chi connectivity index (χ0) is 14.9. The topological polar surface area (TPSA) is 74.8 Å². The van der Waals surface area contributed by atoms with Gasteiger partial charge in [0, 0.05) is 0 Å². The Morgan fingerprint density at radius 1 is 1.19 bits per heavy atom. The van der Waals surface area contributed by atoms with Gasteiger partial charge in [-0.25, -0.2) is 13.4 Å². The highest BCUT2D eigenvalue weighted by molar-refractivity contribution is 7.92. The number of fused-ring (bicyclic) bond motifs is 1. The number of aromatic amines is 1. The zero-order valence-electron chi connectivity index (χ0n) is 11.5. The molecule has 0 aliphatic heterocycles. The number of para-hydroxylation sites is 1. The fraction of sp³-hybridized carbons (Fsp3) is 0.133. The summed E-state index contributed by atoms with van der Waals surface area (Å²) in [5.74, 6) is 0. The van der Waals surface area contributed by atoms with Crippen molar-refractivity contribution in [1.82, 2.24) is 9.97 Å². The number of aromatic nitrogens is 2. The highest BCUT2D eigenvalue weighted by atomic mass is 32.2. The Bertz CT molecular complexity index is 885. The van der Waals surface area contributed by atoms with Gasteiger partial charge in [-0.15, -0.1) is 0 Å². The van der Waals surface area contributed by atoms with Crippen LogP contribution in [0.2, 0.25) is 0 Å². The summed E-state index contributed by atoms with van der Waals surface area (Å²) in [5, 5.41) is 0. The van der Waals surface area contributed by atoms with E-state index >= 15 is 0 Å². The molecule has 0 amide bonds. The van der Waals surface area contributed by atoms with Crippen LogP contribution in [0, 0.1) is 0 Å². The fourth-order valence-electron chi connectivity index (χ4n) is 2.21. The van der Waals surface area contributed by atoms with E-state index in [1.165, 1.54) is 0 Å². The van der Waals surface area contributed by atoms with E-state index in [2.05, 4.69) is 14.7 Å². The molecule has 0 spiro atoms. The Morgan fingerprint density at radius 3 is 2.81 bits per heavy atom. The van der Waals surface area contributed by atoms with Crippen LogP contribution in [0.25, 0.3) is 11.0 Å². The fourth-order valence-corrected chi connectivity index (χ4v) is 3.34. The zero-order valence-corrected chi connectivity index (χ0v) is 12.3. The lowest BCUT2D eigenvalue weighted by atomic mass is 10.1. The molecule has 1 heterocycles. The number of nitrogens with zero attached hydrogens (tertiary/aromatic N) is 1. The minimum Gasteiger partial charge on any atom is -0.345 e. The molecule has 2 N–H and O–H groups in total. The van der Waals surface area contributed by atoms with Crippen molar-refractivity contribution in [2.45, 2.75) is 18.2 Å². The summed E-state index contributed by atoms with van der Waals surface area (Å²) in [4.78, 5) is 7.21. The van der Waals surface area contributed by atoms with Crippen LogP contribution < -0.4 is 4.72 Å². The van der Waals surface area contributed by atoms with Gasteiger partial charge >= 0.3 is 0 Å². The van der Waals surface area contributed by atoms with Gasteiger partial charge < -0.3 is 4.98 Å². The normalized spacial score (nSPS) is 11.7. The van der Waals surface area contributed by atoms with Crippen molar-refractivity contribution in [3.63, 3.8) is 0 Å². The number of hydrogen-bond acceptors (Lipinski definition) is 3. The number of H-pyrrole nitrogens is 1. The Balaban J connectivity index is 1.99. The number of nitrogens with one attached hydrogen (secondary N) is 2. The van der Waals surface area contributed by atoms with Crippen molar-refractivity contribution < 1.29 is 8.42 Å². The Hall–Kier alpha value is -2.34. The third kappa shape index (κ3) is 2.62. The van der Waals surface area contributed by atoms with Crippen molar-refractivity contribution in [2.75, 3.05) is 4.72 Å². The monoisotopic (exact) mass is 301 g/mol. The number of anilines is 1. The van der Waals surface area contributed by atoms with Crippen LogP contribution in [-0.2, 0) is 16.4 Å². The second-order valence-electron chi connectivity index (χ2n) is 4.70. The summed E-state index contributed by atoms with van der Waals surface area (Å²) >= 11 is 0. The first-order chi connectivity index (χ1) is 10.1. The summed E-state index contributed by atoms with van der Waals surface area (Å²) in [5.41, 5.74) is 3.01. The SMILES string of the molecule is CCc1ccccc1NS(=O)(=O)c1ccc2nc[nH]c2c1. The van der Waals surface area contributed by atoms with Crippen LogP contribution >= 0.6 is 0 Å². The molecule has 6 heteroatoms. The van der Waals surface area contributed by atoms with E-state index in [1.807, 2.05) is 25.1 Å². The smallest absolute Gasteiger partial charge is 0.261 e. The van der Waals surface area contributed by atoms with E-state index < -0.39 is 10.0 Å². The summed E-state index contributed by atoms with van der Waals surface area (Å²) < 4.78 is 27.6. The average Bonchev–Trinajstić information content (AvgIpc) is 2.95. The van der Waals surface area contributed by atoms with E-state index in [4.69, 9.17) is 0 Å². The van der Waals surface area contributed by atoms with Gasteiger partial charge in [-0.3, -0.25) is 4.72 Å². The molecule has 0 aliphatic carbocycles. The highest BCUT2D eigenvalue weighted by Crippen LogP contribution is 2.22. The van der Waals surface area contributed by atoms with Crippen LogP contribution in [0.3, 0.4) is 0 Å². The first kappa shape index (κ1) is 13.6. The minimum atomic E-state index is -3.61. The molecular formula is C15H15N3O2S. The van der Waals surface area contributed by atoms with E-state index in [1.54, 1.807) is 30.6 Å². The number of benzene rings is 2. The van der Waals surface area contributed by atoms with Crippen molar-refractivity contribution in [3.8, 4) is 0 Å². The highest BCUT2D eigenvalue weighted by Gasteiger charge is 2.16. The number of rotatable bonds is 4. The van der Waals surface area contributed by atoms with Gasteiger partial charge in [-0.05, 0) is 36.2 Å². The first-order valence-electron chi connectivity index (χ1n) is 6.64. The maximum atomic E-state index is 12.5.